The molecule has 0 saturated carbocycles. The lowest BCUT2D eigenvalue weighted by Crippen LogP contribution is -1.70. The summed E-state index contributed by atoms with van der Waals surface area (Å²) < 4.78 is 12.1. The lowest BCUT2D eigenvalue weighted by atomic mass is 10.5. The molecule has 0 atom stereocenters. The third-order valence-electron chi connectivity index (χ3n) is 0.828. The molecule has 1 heterocycles. The number of hydrogen-bond donors (Lipinski definition) is 0. The van der Waals surface area contributed by atoms with Crippen molar-refractivity contribution in [1.29, 1.82) is 0 Å². The van der Waals surface area contributed by atoms with E-state index in [0.29, 0.717) is 0 Å². The summed E-state index contributed by atoms with van der Waals surface area (Å²) in [5.74, 6) is 0. The minimum Gasteiger partial charge on any atom is -0.247 e. The smallest absolute Gasteiger partial charge is 0.196 e. The fraction of sp³-hybridized carbons (Fsp3) is 0.400. The van der Waals surface area contributed by atoms with Crippen LogP contribution in [0.1, 0.15) is 11.9 Å². The summed E-state index contributed by atoms with van der Waals surface area (Å²) in [7, 11) is 0. The van der Waals surface area contributed by atoms with Crippen molar-refractivity contribution >= 4 is 11.3 Å². The molecule has 3 heteroatoms. The standard InChI is InChI=1S/C5H6FNS/c1-2-5-7-3-4(6)8-5/h3H,2H2,1H3. The van der Waals surface area contributed by atoms with Gasteiger partial charge in [-0.3, -0.25) is 0 Å². The zero-order chi connectivity index (χ0) is 5.98. The van der Waals surface area contributed by atoms with Crippen molar-refractivity contribution in [2.45, 2.75) is 13.3 Å². The third-order valence-corrected chi connectivity index (χ3v) is 1.76. The van der Waals surface area contributed by atoms with Gasteiger partial charge in [-0.05, 0) is 6.42 Å². The van der Waals surface area contributed by atoms with Gasteiger partial charge in [0.05, 0.1) is 11.2 Å². The summed E-state index contributed by atoms with van der Waals surface area (Å²) in [5, 5.41) is 0.671. The molecular formula is C5H6FNS. The van der Waals surface area contributed by atoms with Gasteiger partial charge in [-0.25, -0.2) is 4.98 Å². The first-order valence-electron chi connectivity index (χ1n) is 2.43. The SMILES string of the molecule is CCc1ncc(F)s1. The molecule has 0 saturated heterocycles. The van der Waals surface area contributed by atoms with Crippen LogP contribution in [0.2, 0.25) is 0 Å². The van der Waals surface area contributed by atoms with Crippen molar-refractivity contribution in [3.05, 3.63) is 16.3 Å². The maximum Gasteiger partial charge on any atom is 0.196 e. The fourth-order valence-corrected chi connectivity index (χ4v) is 1.03. The molecule has 0 amide bonds. The highest BCUT2D eigenvalue weighted by Crippen LogP contribution is 2.09. The number of aromatic nitrogens is 1. The van der Waals surface area contributed by atoms with Crippen LogP contribution in [-0.4, -0.2) is 4.98 Å². The molecule has 0 aromatic carbocycles. The van der Waals surface area contributed by atoms with E-state index >= 15 is 0 Å². The Hall–Kier alpha value is -0.440. The zero-order valence-electron chi connectivity index (χ0n) is 4.52. The molecule has 0 aliphatic carbocycles. The molecule has 0 aliphatic heterocycles. The predicted molar refractivity (Wildman–Crippen MR) is 31.4 cm³/mol. The second kappa shape index (κ2) is 2.22. The lowest BCUT2D eigenvalue weighted by Gasteiger charge is -1.77. The second-order valence-electron chi connectivity index (χ2n) is 1.41. The number of hydrogen-bond acceptors (Lipinski definition) is 2. The Morgan fingerprint density at radius 1 is 1.88 bits per heavy atom. The van der Waals surface area contributed by atoms with Crippen LogP contribution in [0.15, 0.2) is 6.20 Å². The molecule has 0 spiro atoms. The molecule has 1 rings (SSSR count). The van der Waals surface area contributed by atoms with Gasteiger partial charge in [0.15, 0.2) is 5.13 Å². The van der Waals surface area contributed by atoms with Crippen molar-refractivity contribution in [1.82, 2.24) is 4.98 Å². The normalized spacial score (nSPS) is 9.75. The molecule has 0 fully saturated rings. The van der Waals surface area contributed by atoms with Crippen LogP contribution in [0.4, 0.5) is 4.39 Å². The topological polar surface area (TPSA) is 12.9 Å². The molecule has 1 aromatic heterocycles. The Labute approximate surface area is 51.2 Å². The van der Waals surface area contributed by atoms with Crippen LogP contribution in [0.5, 0.6) is 0 Å². The van der Waals surface area contributed by atoms with Crippen molar-refractivity contribution < 1.29 is 4.39 Å². The van der Waals surface area contributed by atoms with Gasteiger partial charge in [-0.2, -0.15) is 4.39 Å². The summed E-state index contributed by atoms with van der Waals surface area (Å²) >= 11 is 1.11. The summed E-state index contributed by atoms with van der Waals surface area (Å²) in [6, 6.07) is 0. The molecule has 8 heavy (non-hydrogen) atoms. The Morgan fingerprint density at radius 3 is 2.88 bits per heavy atom. The van der Waals surface area contributed by atoms with Crippen LogP contribution in [-0.2, 0) is 6.42 Å². The van der Waals surface area contributed by atoms with E-state index in [2.05, 4.69) is 4.98 Å². The quantitative estimate of drug-likeness (QED) is 0.566. The molecule has 0 unspecified atom stereocenters. The summed E-state index contributed by atoms with van der Waals surface area (Å²) in [5.41, 5.74) is 0. The van der Waals surface area contributed by atoms with Gasteiger partial charge in [0, 0.05) is 0 Å². The molecule has 44 valence electrons. The number of rotatable bonds is 1. The molecular weight excluding hydrogens is 125 g/mol. The molecule has 1 aromatic rings. The van der Waals surface area contributed by atoms with Crippen molar-refractivity contribution in [3.63, 3.8) is 0 Å². The number of thiazole rings is 1. The minimum atomic E-state index is -0.193. The van der Waals surface area contributed by atoms with Gasteiger partial charge in [-0.1, -0.05) is 18.3 Å². The molecule has 0 aliphatic rings. The van der Waals surface area contributed by atoms with Crippen LogP contribution in [0.3, 0.4) is 0 Å². The largest absolute Gasteiger partial charge is 0.247 e. The molecule has 1 nitrogen and oxygen atoms in total. The van der Waals surface area contributed by atoms with E-state index in [1.54, 1.807) is 0 Å². The molecule has 0 radical (unpaired) electrons. The Balaban J connectivity index is 2.84. The van der Waals surface area contributed by atoms with E-state index in [0.717, 1.165) is 22.8 Å². The fourth-order valence-electron chi connectivity index (χ4n) is 0.451. The van der Waals surface area contributed by atoms with Crippen molar-refractivity contribution in [2.75, 3.05) is 0 Å². The van der Waals surface area contributed by atoms with E-state index < -0.39 is 0 Å². The van der Waals surface area contributed by atoms with E-state index in [9.17, 15) is 4.39 Å². The third kappa shape index (κ3) is 1.04. The summed E-state index contributed by atoms with van der Waals surface area (Å²) in [6.07, 6.45) is 2.08. The first-order chi connectivity index (χ1) is 3.83. The van der Waals surface area contributed by atoms with Crippen LogP contribution >= 0.6 is 11.3 Å². The van der Waals surface area contributed by atoms with E-state index in [1.165, 1.54) is 6.20 Å². The highest BCUT2D eigenvalue weighted by molar-refractivity contribution is 7.09. The number of nitrogens with zero attached hydrogens (tertiary/aromatic N) is 1. The highest BCUT2D eigenvalue weighted by Gasteiger charge is 1.94. The van der Waals surface area contributed by atoms with Gasteiger partial charge in [-0.15, -0.1) is 0 Å². The minimum absolute atomic E-state index is 0.193. The average Bonchev–Trinajstić information content (AvgIpc) is 2.14. The van der Waals surface area contributed by atoms with Crippen molar-refractivity contribution in [3.8, 4) is 0 Å². The summed E-state index contributed by atoms with van der Waals surface area (Å²) in [4.78, 5) is 3.78. The van der Waals surface area contributed by atoms with Gasteiger partial charge >= 0.3 is 0 Å². The Morgan fingerprint density at radius 2 is 2.62 bits per heavy atom. The van der Waals surface area contributed by atoms with Gasteiger partial charge in [0.1, 0.15) is 0 Å². The molecule has 0 N–H and O–H groups in total. The number of halogens is 1. The second-order valence-corrected chi connectivity index (χ2v) is 2.48. The maximum atomic E-state index is 12.1. The predicted octanol–water partition coefficient (Wildman–Crippen LogP) is 1.84. The monoisotopic (exact) mass is 131 g/mol. The van der Waals surface area contributed by atoms with Gasteiger partial charge < -0.3 is 0 Å². The maximum absolute atomic E-state index is 12.1. The number of aryl methyl sites for hydroxylation is 1. The average molecular weight is 131 g/mol. The summed E-state index contributed by atoms with van der Waals surface area (Å²) in [6.45, 7) is 1.96. The van der Waals surface area contributed by atoms with Crippen LogP contribution in [0.25, 0.3) is 0 Å². The first kappa shape index (κ1) is 5.69. The lowest BCUT2D eigenvalue weighted by molar-refractivity contribution is 0.653. The van der Waals surface area contributed by atoms with E-state index in [-0.39, 0.29) is 5.13 Å². The zero-order valence-corrected chi connectivity index (χ0v) is 5.33. The van der Waals surface area contributed by atoms with E-state index in [4.69, 9.17) is 0 Å². The Kier molecular flexibility index (Phi) is 1.58. The first-order valence-corrected chi connectivity index (χ1v) is 3.24. The van der Waals surface area contributed by atoms with Gasteiger partial charge in [0.2, 0.25) is 0 Å². The molecule has 0 bridgehead atoms. The van der Waals surface area contributed by atoms with Crippen LogP contribution in [0, 0.1) is 5.13 Å². The van der Waals surface area contributed by atoms with Gasteiger partial charge in [0.25, 0.3) is 0 Å². The Bertz CT molecular complexity index is 173. The van der Waals surface area contributed by atoms with E-state index in [1.807, 2.05) is 6.92 Å². The highest BCUT2D eigenvalue weighted by atomic mass is 32.1. The van der Waals surface area contributed by atoms with Crippen LogP contribution < -0.4 is 0 Å². The van der Waals surface area contributed by atoms with Crippen molar-refractivity contribution in [2.24, 2.45) is 0 Å².